The summed E-state index contributed by atoms with van der Waals surface area (Å²) in [6.07, 6.45) is 0. The van der Waals surface area contributed by atoms with Crippen LogP contribution in [-0.2, 0) is 0 Å². The number of nitro benzene ring substituents is 2. The number of nitrogens with zero attached hydrogens (tertiary/aromatic N) is 3. The second-order valence-electron chi connectivity index (χ2n) is 5.47. The highest BCUT2D eigenvalue weighted by atomic mass is 16.6. The molecule has 0 aliphatic rings. The van der Waals surface area contributed by atoms with Gasteiger partial charge < -0.3 is 9.84 Å². The van der Waals surface area contributed by atoms with E-state index >= 15 is 0 Å². The van der Waals surface area contributed by atoms with Crippen molar-refractivity contribution in [2.45, 2.75) is 13.8 Å². The highest BCUT2D eigenvalue weighted by Gasteiger charge is 2.18. The van der Waals surface area contributed by atoms with E-state index in [1.54, 1.807) is 6.92 Å². The third-order valence-electron chi connectivity index (χ3n) is 3.63. The number of hydrazone groups is 1. The second kappa shape index (κ2) is 8.58. The molecular formula is C17H16N4O7. The molecule has 0 radical (unpaired) electrons. The fourth-order valence-corrected chi connectivity index (χ4v) is 2.24. The number of amides is 1. The topological polar surface area (TPSA) is 157 Å². The van der Waals surface area contributed by atoms with Crippen LogP contribution in [-0.4, -0.2) is 33.2 Å². The van der Waals surface area contributed by atoms with E-state index in [0.29, 0.717) is 5.56 Å². The first kappa shape index (κ1) is 20.3. The van der Waals surface area contributed by atoms with Crippen LogP contribution in [0.25, 0.3) is 0 Å². The van der Waals surface area contributed by atoms with Crippen molar-refractivity contribution in [2.24, 2.45) is 5.10 Å². The Bertz CT molecular complexity index is 972. The number of rotatable bonds is 7. The average molecular weight is 388 g/mol. The van der Waals surface area contributed by atoms with E-state index in [9.17, 15) is 30.1 Å². The maximum absolute atomic E-state index is 12.2. The lowest BCUT2D eigenvalue weighted by Gasteiger charge is -2.07. The predicted molar refractivity (Wildman–Crippen MR) is 98.7 cm³/mol. The van der Waals surface area contributed by atoms with Crippen LogP contribution in [0.2, 0.25) is 0 Å². The minimum atomic E-state index is -0.874. The Labute approximate surface area is 158 Å². The first-order valence-corrected chi connectivity index (χ1v) is 7.98. The lowest BCUT2D eigenvalue weighted by atomic mass is 10.1. The first-order chi connectivity index (χ1) is 13.2. The molecule has 2 rings (SSSR count). The number of nitro groups is 2. The maximum Gasteiger partial charge on any atom is 0.311 e. The summed E-state index contributed by atoms with van der Waals surface area (Å²) in [5, 5.41) is 35.5. The first-order valence-electron chi connectivity index (χ1n) is 7.98. The molecule has 11 heteroatoms. The fraction of sp³-hybridized carbons (Fsp3) is 0.176. The minimum Gasteiger partial charge on any atom is -0.507 e. The Morgan fingerprint density at radius 2 is 1.89 bits per heavy atom. The minimum absolute atomic E-state index is 0.106. The monoisotopic (exact) mass is 388 g/mol. The molecule has 0 bridgehead atoms. The number of phenols is 1. The smallest absolute Gasteiger partial charge is 0.311 e. The highest BCUT2D eigenvalue weighted by Crippen LogP contribution is 2.28. The molecule has 0 saturated carbocycles. The normalized spacial score (nSPS) is 11.0. The van der Waals surface area contributed by atoms with Gasteiger partial charge in [-0.3, -0.25) is 25.0 Å². The fourth-order valence-electron chi connectivity index (χ4n) is 2.24. The van der Waals surface area contributed by atoms with Gasteiger partial charge in [-0.05, 0) is 32.0 Å². The molecule has 1 amide bonds. The number of nitrogens with one attached hydrogen (secondary N) is 1. The Kier molecular flexibility index (Phi) is 6.22. The van der Waals surface area contributed by atoms with E-state index in [-0.39, 0.29) is 35.0 Å². The summed E-state index contributed by atoms with van der Waals surface area (Å²) < 4.78 is 5.20. The van der Waals surface area contributed by atoms with Crippen LogP contribution in [0.15, 0.2) is 41.5 Å². The van der Waals surface area contributed by atoms with Gasteiger partial charge in [0.15, 0.2) is 5.75 Å². The number of hydrogen-bond donors (Lipinski definition) is 2. The largest absolute Gasteiger partial charge is 0.507 e. The molecule has 2 aromatic carbocycles. The quantitative estimate of drug-likeness (QED) is 0.419. The maximum atomic E-state index is 12.2. The molecule has 0 aromatic heterocycles. The van der Waals surface area contributed by atoms with Crippen LogP contribution in [0.1, 0.15) is 29.8 Å². The van der Waals surface area contributed by atoms with Crippen molar-refractivity contribution in [1.82, 2.24) is 5.43 Å². The molecule has 0 unspecified atom stereocenters. The van der Waals surface area contributed by atoms with Crippen LogP contribution in [0.5, 0.6) is 11.5 Å². The number of ether oxygens (including phenoxy) is 1. The molecule has 28 heavy (non-hydrogen) atoms. The molecule has 2 N–H and O–H groups in total. The van der Waals surface area contributed by atoms with Crippen molar-refractivity contribution in [3.05, 3.63) is 67.8 Å². The summed E-state index contributed by atoms with van der Waals surface area (Å²) in [4.78, 5) is 32.8. The number of phenolic OH excluding ortho intramolecular Hbond substituents is 1. The van der Waals surface area contributed by atoms with Crippen LogP contribution < -0.4 is 10.2 Å². The molecule has 0 saturated heterocycles. The standard InChI is InChI=1S/C17H16N4O7/c1-3-28-16-7-4-11(8-14(16)21(26)27)10(2)18-19-17(23)13-9-12(20(24)25)5-6-15(13)22/h4-9,22H,3H2,1-2H3,(H,19,23)/b18-10-. The molecule has 0 spiro atoms. The van der Waals surface area contributed by atoms with Gasteiger partial charge in [-0.1, -0.05) is 0 Å². The van der Waals surface area contributed by atoms with Crippen LogP contribution >= 0.6 is 0 Å². The van der Waals surface area contributed by atoms with Gasteiger partial charge in [0.1, 0.15) is 5.75 Å². The molecule has 0 heterocycles. The number of hydrogen-bond acceptors (Lipinski definition) is 8. The second-order valence-corrected chi connectivity index (χ2v) is 5.47. The third-order valence-corrected chi connectivity index (χ3v) is 3.63. The third kappa shape index (κ3) is 4.58. The highest BCUT2D eigenvalue weighted by molar-refractivity contribution is 6.02. The average Bonchev–Trinajstić information content (AvgIpc) is 2.66. The summed E-state index contributed by atoms with van der Waals surface area (Å²) >= 11 is 0. The van der Waals surface area contributed by atoms with E-state index in [1.165, 1.54) is 25.1 Å². The Balaban J connectivity index is 2.26. The van der Waals surface area contributed by atoms with Crippen LogP contribution in [0.4, 0.5) is 11.4 Å². The summed E-state index contributed by atoms with van der Waals surface area (Å²) in [7, 11) is 0. The van der Waals surface area contributed by atoms with Gasteiger partial charge in [-0.15, -0.1) is 0 Å². The molecule has 0 aliphatic carbocycles. The van der Waals surface area contributed by atoms with Crippen LogP contribution in [0, 0.1) is 20.2 Å². The van der Waals surface area contributed by atoms with E-state index in [4.69, 9.17) is 4.74 Å². The van der Waals surface area contributed by atoms with Gasteiger partial charge in [0.2, 0.25) is 0 Å². The SMILES string of the molecule is CCOc1ccc(/C(C)=N\NC(=O)c2cc([N+](=O)[O-])ccc2O)cc1[N+](=O)[O-]. The number of aromatic hydroxyl groups is 1. The number of non-ortho nitro benzene ring substituents is 1. The van der Waals surface area contributed by atoms with Gasteiger partial charge in [0, 0.05) is 23.8 Å². The summed E-state index contributed by atoms with van der Waals surface area (Å²) in [5.74, 6) is -1.22. The summed E-state index contributed by atoms with van der Waals surface area (Å²) in [6.45, 7) is 3.46. The molecule has 146 valence electrons. The van der Waals surface area contributed by atoms with Crippen molar-refractivity contribution in [3.8, 4) is 11.5 Å². The van der Waals surface area contributed by atoms with Crippen molar-refractivity contribution >= 4 is 23.0 Å². The summed E-state index contributed by atoms with van der Waals surface area (Å²) in [5.41, 5.74) is 1.81. The van der Waals surface area contributed by atoms with E-state index in [0.717, 1.165) is 18.2 Å². The molecule has 0 aliphatic heterocycles. The van der Waals surface area contributed by atoms with Crippen molar-refractivity contribution in [3.63, 3.8) is 0 Å². The molecule has 11 nitrogen and oxygen atoms in total. The van der Waals surface area contributed by atoms with Gasteiger partial charge in [-0.2, -0.15) is 5.10 Å². The van der Waals surface area contributed by atoms with E-state index in [2.05, 4.69) is 10.5 Å². The molecule has 0 atom stereocenters. The van der Waals surface area contributed by atoms with Crippen LogP contribution in [0.3, 0.4) is 0 Å². The van der Waals surface area contributed by atoms with Gasteiger partial charge >= 0.3 is 5.69 Å². The number of benzene rings is 2. The lowest BCUT2D eigenvalue weighted by Crippen LogP contribution is -2.19. The zero-order valence-electron chi connectivity index (χ0n) is 14.9. The zero-order valence-corrected chi connectivity index (χ0v) is 14.9. The lowest BCUT2D eigenvalue weighted by molar-refractivity contribution is -0.385. The van der Waals surface area contributed by atoms with E-state index < -0.39 is 21.5 Å². The van der Waals surface area contributed by atoms with Gasteiger partial charge in [-0.25, -0.2) is 5.43 Å². The number of carbonyl (C=O) groups excluding carboxylic acids is 1. The van der Waals surface area contributed by atoms with Crippen molar-refractivity contribution in [1.29, 1.82) is 0 Å². The zero-order chi connectivity index (χ0) is 20.8. The van der Waals surface area contributed by atoms with Crippen molar-refractivity contribution in [2.75, 3.05) is 6.61 Å². The Hall–Kier alpha value is -4.02. The molecule has 2 aromatic rings. The van der Waals surface area contributed by atoms with Crippen molar-refractivity contribution < 1.29 is 24.5 Å². The van der Waals surface area contributed by atoms with E-state index in [1.807, 2.05) is 0 Å². The Morgan fingerprint density at radius 1 is 1.18 bits per heavy atom. The van der Waals surface area contributed by atoms with Gasteiger partial charge in [0.25, 0.3) is 11.6 Å². The Morgan fingerprint density at radius 3 is 2.50 bits per heavy atom. The van der Waals surface area contributed by atoms with Gasteiger partial charge in [0.05, 0.1) is 27.7 Å². The molecule has 0 fully saturated rings. The number of carbonyl (C=O) groups is 1. The molecular weight excluding hydrogens is 372 g/mol. The predicted octanol–water partition coefficient (Wildman–Crippen LogP) is 2.76. The summed E-state index contributed by atoms with van der Waals surface area (Å²) in [6, 6.07) is 7.20.